The predicted molar refractivity (Wildman–Crippen MR) is 138 cm³/mol. The number of nitrogens with one attached hydrogen (secondary N) is 1. The van der Waals surface area contributed by atoms with E-state index in [1.807, 2.05) is 0 Å². The quantitative estimate of drug-likeness (QED) is 0.437. The lowest BCUT2D eigenvalue weighted by atomic mass is 9.97. The normalized spacial score (nSPS) is 19.8. The molecule has 1 aliphatic carbocycles. The Morgan fingerprint density at radius 3 is 2.00 bits per heavy atom. The molecule has 1 aromatic carbocycles. The molecule has 0 saturated heterocycles. The maximum Gasteiger partial charge on any atom is 0.294 e. The molecule has 0 aromatic heterocycles. The van der Waals surface area contributed by atoms with E-state index in [0.29, 0.717) is 5.56 Å². The smallest absolute Gasteiger partial charge is 0.294 e. The Balaban J connectivity index is 0.000000294. The van der Waals surface area contributed by atoms with Crippen molar-refractivity contribution < 1.29 is 13.0 Å². The number of rotatable bonds is 2. The van der Waals surface area contributed by atoms with Crippen LogP contribution in [-0.2, 0) is 10.1 Å². The molecule has 0 saturated carbocycles. The minimum Gasteiger partial charge on any atom is -0.310 e. The van der Waals surface area contributed by atoms with Crippen molar-refractivity contribution in [2.24, 2.45) is 5.10 Å². The maximum atomic E-state index is 10.6. The lowest BCUT2D eigenvalue weighted by molar-refractivity contribution is 0.482. The van der Waals surface area contributed by atoms with Crippen LogP contribution in [0, 0.1) is 6.92 Å². The summed E-state index contributed by atoms with van der Waals surface area (Å²) in [5.74, 6) is 0. The van der Waals surface area contributed by atoms with Crippen LogP contribution in [0.3, 0.4) is 0 Å². The number of hydrogen-bond donors (Lipinski definition) is 2. The number of allylic oxidation sites excluding steroid dienone is 2. The first-order chi connectivity index (χ1) is 16.0. The molecule has 0 unspecified atom stereocenters. The van der Waals surface area contributed by atoms with Crippen LogP contribution in [0.5, 0.6) is 0 Å². The first-order valence-corrected chi connectivity index (χ1v) is 14.4. The largest absolute Gasteiger partial charge is 0.310 e. The van der Waals surface area contributed by atoms with Gasteiger partial charge < -0.3 is 5.43 Å². The van der Waals surface area contributed by atoms with E-state index in [-0.39, 0.29) is 4.90 Å². The fraction of sp³-hybridized carbons (Fsp3) is 0.667. The minimum absolute atomic E-state index is 0.0278. The number of aryl methyl sites for hydroxylation is 1. The van der Waals surface area contributed by atoms with Crippen molar-refractivity contribution in [2.75, 3.05) is 6.54 Å². The highest BCUT2D eigenvalue weighted by atomic mass is 32.2. The van der Waals surface area contributed by atoms with Gasteiger partial charge in [0.15, 0.2) is 0 Å². The molecule has 0 atom stereocenters. The number of benzene rings is 1. The summed E-state index contributed by atoms with van der Waals surface area (Å²) in [6.45, 7) is 2.68. The highest BCUT2D eigenvalue weighted by Gasteiger charge is 2.11. The molecule has 2 N–H and O–H groups in total. The van der Waals surface area contributed by atoms with Gasteiger partial charge >= 0.3 is 0 Å². The minimum atomic E-state index is -4.03. The lowest BCUT2D eigenvalue weighted by Gasteiger charge is -2.12. The van der Waals surface area contributed by atoms with Crippen LogP contribution in [0.1, 0.15) is 108 Å². The first-order valence-electron chi connectivity index (χ1n) is 13.0. The van der Waals surface area contributed by atoms with Crippen molar-refractivity contribution in [3.63, 3.8) is 0 Å². The van der Waals surface area contributed by atoms with E-state index in [0.717, 1.165) is 6.54 Å². The predicted octanol–water partition coefficient (Wildman–Crippen LogP) is 7.37. The molecule has 33 heavy (non-hydrogen) atoms. The van der Waals surface area contributed by atoms with E-state index in [9.17, 15) is 8.42 Å². The van der Waals surface area contributed by atoms with Gasteiger partial charge in [-0.25, -0.2) is 0 Å². The topological polar surface area (TPSA) is 78.8 Å². The van der Waals surface area contributed by atoms with Crippen LogP contribution < -0.4 is 5.43 Å². The highest BCUT2D eigenvalue weighted by molar-refractivity contribution is 7.85. The summed E-state index contributed by atoms with van der Waals surface area (Å²) < 4.78 is 29.9. The monoisotopic (exact) mass is 476 g/mol. The van der Waals surface area contributed by atoms with Crippen molar-refractivity contribution in [1.29, 1.82) is 0 Å². The molecule has 0 bridgehead atoms. The van der Waals surface area contributed by atoms with Crippen LogP contribution in [-0.4, -0.2) is 25.2 Å². The van der Waals surface area contributed by atoms with Gasteiger partial charge in [-0.2, -0.15) is 13.5 Å². The second-order valence-corrected chi connectivity index (χ2v) is 10.7. The van der Waals surface area contributed by atoms with Crippen molar-refractivity contribution in [1.82, 2.24) is 5.43 Å². The van der Waals surface area contributed by atoms with Gasteiger partial charge in [-0.15, -0.1) is 0 Å². The third-order valence-corrected chi connectivity index (χ3v) is 7.46. The Labute approximate surface area is 201 Å². The number of nitrogens with zero attached hydrogens (tertiary/aromatic N) is 1. The van der Waals surface area contributed by atoms with Crippen molar-refractivity contribution in [3.05, 3.63) is 41.5 Å². The number of hydrogen-bond acceptors (Lipinski definition) is 4. The second-order valence-electron chi connectivity index (χ2n) is 9.32. The zero-order valence-electron chi connectivity index (χ0n) is 20.5. The summed E-state index contributed by atoms with van der Waals surface area (Å²) in [6.07, 6.45) is 24.2. The van der Waals surface area contributed by atoms with Crippen LogP contribution in [0.15, 0.2) is 45.9 Å². The molecule has 1 heterocycles. The molecular weight excluding hydrogens is 432 g/mol. The molecule has 0 amide bonds. The summed E-state index contributed by atoms with van der Waals surface area (Å²) >= 11 is 0. The van der Waals surface area contributed by atoms with E-state index >= 15 is 0 Å². The molecular formula is C27H44N2O3S. The van der Waals surface area contributed by atoms with Gasteiger partial charge in [-0.1, -0.05) is 82.1 Å². The first kappa shape index (κ1) is 27.6. The van der Waals surface area contributed by atoms with Crippen molar-refractivity contribution in [2.45, 2.75) is 115 Å². The molecule has 3 rings (SSSR count). The summed E-state index contributed by atoms with van der Waals surface area (Å²) in [5, 5.41) is 4.80. The number of hydrazone groups is 1. The van der Waals surface area contributed by atoms with Gasteiger partial charge in [-0.05, 0) is 69.1 Å². The molecule has 6 heteroatoms. The average Bonchev–Trinajstić information content (AvgIpc) is 2.89. The lowest BCUT2D eigenvalue weighted by Crippen LogP contribution is -2.14. The van der Waals surface area contributed by atoms with Gasteiger partial charge in [0.05, 0.1) is 10.6 Å². The second kappa shape index (κ2) is 16.0. The SMILES string of the molecule is C1=C(C2=NNCCCCCCCC2)CCCCCCCCC1.Cc1ccccc1S(=O)(=O)O. The molecule has 1 aromatic rings. The van der Waals surface area contributed by atoms with Crippen molar-refractivity contribution >= 4 is 15.8 Å². The van der Waals surface area contributed by atoms with Gasteiger partial charge in [0.2, 0.25) is 0 Å². The Kier molecular flexibility index (Phi) is 13.4. The summed E-state index contributed by atoms with van der Waals surface area (Å²) in [7, 11) is -4.03. The van der Waals surface area contributed by atoms with E-state index in [2.05, 4.69) is 11.5 Å². The van der Waals surface area contributed by atoms with E-state index in [1.54, 1.807) is 30.7 Å². The van der Waals surface area contributed by atoms with Gasteiger partial charge in [0.1, 0.15) is 0 Å². The zero-order valence-corrected chi connectivity index (χ0v) is 21.3. The summed E-state index contributed by atoms with van der Waals surface area (Å²) in [6, 6.07) is 6.27. The van der Waals surface area contributed by atoms with Gasteiger partial charge in [-0.3, -0.25) is 4.55 Å². The van der Waals surface area contributed by atoms with Crippen LogP contribution >= 0.6 is 0 Å². The molecule has 0 spiro atoms. The summed E-state index contributed by atoms with van der Waals surface area (Å²) in [5.41, 5.74) is 6.84. The van der Waals surface area contributed by atoms with Crippen LogP contribution in [0.4, 0.5) is 0 Å². The molecule has 1 aliphatic heterocycles. The van der Waals surface area contributed by atoms with Crippen LogP contribution in [0.25, 0.3) is 0 Å². The third-order valence-electron chi connectivity index (χ3n) is 6.45. The fourth-order valence-electron chi connectivity index (χ4n) is 4.47. The fourth-order valence-corrected chi connectivity index (χ4v) is 5.20. The van der Waals surface area contributed by atoms with E-state index in [4.69, 9.17) is 9.65 Å². The van der Waals surface area contributed by atoms with E-state index < -0.39 is 10.1 Å². The molecule has 5 nitrogen and oxygen atoms in total. The highest BCUT2D eigenvalue weighted by Crippen LogP contribution is 2.21. The summed E-state index contributed by atoms with van der Waals surface area (Å²) in [4.78, 5) is -0.0278. The zero-order chi connectivity index (χ0) is 23.8. The third kappa shape index (κ3) is 11.9. The average molecular weight is 477 g/mol. The van der Waals surface area contributed by atoms with E-state index in [1.165, 1.54) is 115 Å². The molecule has 0 fully saturated rings. The van der Waals surface area contributed by atoms with Crippen LogP contribution in [0.2, 0.25) is 0 Å². The Morgan fingerprint density at radius 2 is 1.36 bits per heavy atom. The van der Waals surface area contributed by atoms with Gasteiger partial charge in [0.25, 0.3) is 10.1 Å². The Hall–Kier alpha value is -1.66. The van der Waals surface area contributed by atoms with Gasteiger partial charge in [0, 0.05) is 6.54 Å². The molecule has 2 aliphatic rings. The molecule has 0 radical (unpaired) electrons. The standard InChI is InChI=1S/C20H36N2.C7H8O3S/c1-2-4-8-12-16-19(15-11-7-3-1)20-17-13-9-5-6-10-14-18-21-22-20;1-6-4-2-3-5-7(6)11(8,9)10/h15,21H,1-14,16-18H2;2-5H,1H3,(H,8,9,10). The van der Waals surface area contributed by atoms with Crippen molar-refractivity contribution in [3.8, 4) is 0 Å². The Bertz CT molecular complexity index is 813. The molecule has 186 valence electrons. The maximum absolute atomic E-state index is 10.6. The Morgan fingerprint density at radius 1 is 0.788 bits per heavy atom.